The van der Waals surface area contributed by atoms with Crippen molar-refractivity contribution in [1.29, 1.82) is 5.26 Å². The van der Waals surface area contributed by atoms with Crippen molar-refractivity contribution >= 4 is 67.7 Å². The fourth-order valence-corrected chi connectivity index (χ4v) is 8.74. The van der Waals surface area contributed by atoms with Crippen LogP contribution >= 0.6 is 27.5 Å². The summed E-state index contributed by atoms with van der Waals surface area (Å²) in [4.78, 5) is 45.2. The van der Waals surface area contributed by atoms with Crippen molar-refractivity contribution in [3.05, 3.63) is 208 Å². The first kappa shape index (κ1) is 89.2. The molecule has 0 aliphatic carbocycles. The number of pyridine rings is 4. The monoisotopic (exact) mass is 1680 g/mol. The number of anilines is 2. The Morgan fingerprint density at radius 1 is 0.606 bits per heavy atom. The van der Waals surface area contributed by atoms with Crippen LogP contribution in [0.2, 0.25) is 5.15 Å². The van der Waals surface area contributed by atoms with Gasteiger partial charge in [0, 0.05) is 47.2 Å². The molecule has 516 valence electrons. The predicted octanol–water partition coefficient (Wildman–Crippen LogP) is 3.30. The Morgan fingerprint density at radius 3 is 1.38 bits per heavy atom. The van der Waals surface area contributed by atoms with Gasteiger partial charge in [-0.3, -0.25) is 39.2 Å². The standard InChI is InChI=1S/C21H22N6O2.C13H17N3O.C9H12BrNO.C9H8ClN3O.C9H13NO2.C4H6N2.C2H3N.CH2O3.2Cs.H/c1-21(2,28)17-9-4-6-14(24-17)12-27-11-13(10-23-27)18-15-7-5-8-16(29-3)19(15)26-20(22)25-18;1-10-7-14-16(8-10)9-11-5-4-6-12(15-11)13(2,3)17;1-9(2,12)8-5-3-4-7(6-10)11-8;1-14-6-4-2-3-5-7(6)12-9(11)13-8(5)10;1-9(2,12)8-5-3-4-7(6-11)10-8;1-4-2-5-6-3-4;1-2-3;2-1-4-3;;;/h4-11,28H,12H2,1-3H3,(H2,22,25,26);4-8,17H,9H2,1-3H3;3-5,12H,6H2,1-2H3;2-4H,1H3,(H2,11,12,13);3-5,11-12H,6H2,1-2H3;2-3H,1H3,(H,5,6);1H3;1,3H;;;/q;;;;;;;;2*+1;-1/p-1. The van der Waals surface area contributed by atoms with E-state index in [2.05, 4.69) is 81.1 Å². The molecular weight excluding hydrogens is 1600 g/mol. The fraction of sp³-hybridized carbons (Fsp3) is 0.309. The molecule has 99 heavy (non-hydrogen) atoms. The van der Waals surface area contributed by atoms with Crippen molar-refractivity contribution in [2.75, 3.05) is 25.7 Å². The van der Waals surface area contributed by atoms with Gasteiger partial charge in [-0.25, -0.2) is 19.9 Å². The number of halogens is 2. The zero-order chi connectivity index (χ0) is 72.1. The van der Waals surface area contributed by atoms with Gasteiger partial charge in [0.15, 0.2) is 0 Å². The summed E-state index contributed by atoms with van der Waals surface area (Å²) in [5, 5.41) is 81.5. The Morgan fingerprint density at radius 2 is 1.00 bits per heavy atom. The molecule has 9 aromatic heterocycles. The van der Waals surface area contributed by atoms with Gasteiger partial charge in [-0.2, -0.15) is 20.6 Å². The van der Waals surface area contributed by atoms with Gasteiger partial charge in [0.05, 0.1) is 110 Å². The van der Waals surface area contributed by atoms with Crippen LogP contribution in [-0.2, 0) is 57.1 Å². The number of aliphatic hydroxyl groups excluding tert-OH is 1. The number of fused-ring (bicyclic) bond motifs is 2. The van der Waals surface area contributed by atoms with Crippen LogP contribution in [0.4, 0.5) is 11.9 Å². The molecule has 9 heterocycles. The summed E-state index contributed by atoms with van der Waals surface area (Å²) < 4.78 is 14.1. The van der Waals surface area contributed by atoms with E-state index in [0.29, 0.717) is 74.9 Å². The molecule has 0 aliphatic rings. The summed E-state index contributed by atoms with van der Waals surface area (Å²) >= 11 is 9.22. The number of hydrogen-bond donors (Lipinski definition) is 8. The maximum absolute atomic E-state index is 10.2. The molecule has 0 fully saturated rings. The number of aliphatic hydroxyl groups is 5. The Labute approximate surface area is 708 Å². The number of alkyl halides is 1. The SMILES string of the molecule is CC#N.CC(C)(O)c1cccc(CBr)n1.CC(C)(O)c1cccc(CO)n1.COc1cccc2c(-c3cnn(Cc4cccc(C(C)(C)O)n4)c3)nc(N)nc12.COc1cccc2c(Cl)nc(N)nc12.Cc1cn[nH]c1.Cc1cnn(Cc2cccc(C(C)(C)O)n2)c1.O=CO[O-].[Cs+].[Cs+].[H-]. The van der Waals surface area contributed by atoms with E-state index in [1.165, 1.54) is 12.5 Å². The number of carbonyl (C=O) groups excluding carboxylic acids is 1. The summed E-state index contributed by atoms with van der Waals surface area (Å²) in [7, 11) is 3.17. The van der Waals surface area contributed by atoms with E-state index in [-0.39, 0.29) is 164 Å². The van der Waals surface area contributed by atoms with Crippen molar-refractivity contribution in [3.63, 3.8) is 0 Å². The van der Waals surface area contributed by atoms with Gasteiger partial charge < -0.3 is 58.0 Å². The van der Waals surface area contributed by atoms with Gasteiger partial charge >= 0.3 is 138 Å². The molecule has 0 saturated carbocycles. The molecule has 11 aromatic rings. The fourth-order valence-electron chi connectivity index (χ4n) is 8.19. The average Bonchev–Trinajstić information content (AvgIpc) is 1.31. The Hall–Kier alpha value is -5.86. The van der Waals surface area contributed by atoms with Crippen molar-refractivity contribution in [2.45, 2.75) is 124 Å². The maximum atomic E-state index is 10.2. The molecule has 0 aliphatic heterocycles. The number of aromatic amines is 1. The maximum Gasteiger partial charge on any atom is 1.00 e. The number of hydrogen-bond acceptors (Lipinski definition) is 24. The molecule has 0 unspecified atom stereocenters. The van der Waals surface area contributed by atoms with Crippen LogP contribution < -0.4 is 164 Å². The van der Waals surface area contributed by atoms with E-state index in [9.17, 15) is 20.4 Å². The Bertz CT molecular complexity index is 4220. The van der Waals surface area contributed by atoms with Crippen molar-refractivity contribution in [1.82, 2.24) is 69.6 Å². The summed E-state index contributed by atoms with van der Waals surface area (Å²) in [6, 6.07) is 35.0. The van der Waals surface area contributed by atoms with Crippen LogP contribution in [0.15, 0.2) is 146 Å². The first-order valence-electron chi connectivity index (χ1n) is 29.6. The number of H-pyrrole nitrogens is 1. The molecule has 0 spiro atoms. The van der Waals surface area contributed by atoms with Crippen molar-refractivity contribution in [3.8, 4) is 28.8 Å². The van der Waals surface area contributed by atoms with E-state index in [1.54, 1.807) is 123 Å². The van der Waals surface area contributed by atoms with Crippen molar-refractivity contribution in [2.24, 2.45) is 0 Å². The predicted molar refractivity (Wildman–Crippen MR) is 372 cm³/mol. The minimum absolute atomic E-state index is 0. The third-order valence-corrected chi connectivity index (χ3v) is 13.7. The van der Waals surface area contributed by atoms with Gasteiger partial charge in [-0.15, -0.1) is 0 Å². The number of nitrogens with zero attached hydrogens (tertiary/aromatic N) is 14. The van der Waals surface area contributed by atoms with Crippen LogP contribution in [0.5, 0.6) is 11.5 Å². The van der Waals surface area contributed by atoms with Gasteiger partial charge in [-0.1, -0.05) is 70.0 Å². The van der Waals surface area contributed by atoms with Crippen LogP contribution in [-0.4, -0.2) is 116 Å². The number of ether oxygens (including phenoxy) is 2. The number of nitriles is 1. The molecule has 11 rings (SSSR count). The smallest absolute Gasteiger partial charge is 1.00 e. The van der Waals surface area contributed by atoms with Gasteiger partial charge in [0.2, 0.25) is 11.9 Å². The molecule has 0 bridgehead atoms. The Balaban J connectivity index is 0.000000615. The largest absolute Gasteiger partial charge is 1.00 e. The number of nitrogens with two attached hydrogens (primary N) is 2. The molecule has 0 saturated heterocycles. The van der Waals surface area contributed by atoms with Crippen LogP contribution in [0, 0.1) is 25.2 Å². The second-order valence-corrected chi connectivity index (χ2v) is 23.9. The average molecular weight is 1680 g/mol. The van der Waals surface area contributed by atoms with E-state index in [1.807, 2.05) is 122 Å². The molecule has 0 atom stereocenters. The first-order chi connectivity index (χ1) is 45.8. The number of para-hydroxylation sites is 2. The van der Waals surface area contributed by atoms with E-state index in [4.69, 9.17) is 53.0 Å². The third kappa shape index (κ3) is 30.7. The molecule has 27 nitrogen and oxygen atoms in total. The molecule has 10 N–H and O–H groups in total. The molecule has 0 amide bonds. The zero-order valence-electron chi connectivity index (χ0n) is 59.2. The number of nitrogens with one attached hydrogen (secondary N) is 1. The van der Waals surface area contributed by atoms with E-state index in [0.717, 1.165) is 44.3 Å². The van der Waals surface area contributed by atoms with E-state index < -0.39 is 22.4 Å². The summed E-state index contributed by atoms with van der Waals surface area (Å²) in [5.41, 5.74) is 18.6. The number of rotatable bonds is 14. The minimum atomic E-state index is -0.998. The first-order valence-corrected chi connectivity index (χ1v) is 31.1. The van der Waals surface area contributed by atoms with Crippen LogP contribution in [0.1, 0.15) is 120 Å². The molecule has 31 heteroatoms. The van der Waals surface area contributed by atoms with Crippen LogP contribution in [0.3, 0.4) is 0 Å². The second kappa shape index (κ2) is 43.8. The number of nitrogen functional groups attached to an aromatic ring is 2. The number of carbonyl (C=O) groups is 1. The molecular formula is C68H83BrClCs2N17O10. The topological polar surface area (TPSA) is 412 Å². The van der Waals surface area contributed by atoms with Crippen molar-refractivity contribution < 1.29 is 189 Å². The van der Waals surface area contributed by atoms with Crippen LogP contribution in [0.25, 0.3) is 33.1 Å². The summed E-state index contributed by atoms with van der Waals surface area (Å²) in [5.74, 6) is 1.59. The second-order valence-electron chi connectivity index (χ2n) is 22.9. The summed E-state index contributed by atoms with van der Waals surface area (Å²) in [6.45, 7) is 19.9. The normalized spacial score (nSPS) is 10.6. The van der Waals surface area contributed by atoms with E-state index >= 15 is 0 Å². The number of benzene rings is 2. The quantitative estimate of drug-likeness (QED) is 0.0254. The Kier molecular flexibility index (Phi) is 39.5. The van der Waals surface area contributed by atoms with Gasteiger partial charge in [0.1, 0.15) is 50.1 Å². The number of methoxy groups -OCH3 is 2. The molecule has 2 aromatic carbocycles. The third-order valence-electron chi connectivity index (χ3n) is 12.8. The minimum Gasteiger partial charge on any atom is -1.00 e. The summed E-state index contributed by atoms with van der Waals surface area (Å²) in [6.07, 6.45) is 11.0. The molecule has 0 radical (unpaired) electrons. The zero-order valence-corrected chi connectivity index (χ0v) is 73.1. The number of aromatic nitrogens is 14. The van der Waals surface area contributed by atoms with Gasteiger partial charge in [-0.05, 0) is 147 Å². The number of aryl methyl sites for hydroxylation is 2. The van der Waals surface area contributed by atoms with Gasteiger partial charge in [0.25, 0.3) is 6.47 Å².